The third-order valence-electron chi connectivity index (χ3n) is 4.41. The van der Waals surface area contributed by atoms with Crippen molar-refractivity contribution in [3.05, 3.63) is 34.9 Å². The zero-order valence-electron chi connectivity index (χ0n) is 11.5. The number of hydrogen-bond donors (Lipinski definition) is 0. The molecule has 17 heavy (non-hydrogen) atoms. The van der Waals surface area contributed by atoms with Crippen LogP contribution >= 0.6 is 0 Å². The summed E-state index contributed by atoms with van der Waals surface area (Å²) in [6.45, 7) is 9.31. The predicted molar refractivity (Wildman–Crippen MR) is 72.4 cm³/mol. The summed E-state index contributed by atoms with van der Waals surface area (Å²) in [4.78, 5) is 2.48. The van der Waals surface area contributed by atoms with Crippen molar-refractivity contribution < 1.29 is 0 Å². The minimum atomic E-state index is 0.272. The standard InChI is InChI=1S/C16H23N/c1-15(2,3)13-6-5-12-10-17(4)11-16(7-8-16)14(12)9-13/h5-6,9H,7-8,10-11H2,1-4H3. The van der Waals surface area contributed by atoms with Crippen LogP contribution in [0.1, 0.15) is 50.3 Å². The van der Waals surface area contributed by atoms with Gasteiger partial charge in [-0.05, 0) is 42.0 Å². The SMILES string of the molecule is CN1Cc2ccc(C(C)(C)C)cc2C2(CC2)C1. The van der Waals surface area contributed by atoms with Crippen molar-refractivity contribution in [1.82, 2.24) is 4.90 Å². The highest BCUT2D eigenvalue weighted by atomic mass is 15.1. The molecule has 0 N–H and O–H groups in total. The van der Waals surface area contributed by atoms with E-state index in [1.807, 2.05) is 0 Å². The second kappa shape index (κ2) is 3.35. The van der Waals surface area contributed by atoms with Gasteiger partial charge in [-0.25, -0.2) is 0 Å². The Bertz CT molecular complexity index is 449. The van der Waals surface area contributed by atoms with Gasteiger partial charge in [0.05, 0.1) is 0 Å². The molecule has 1 aromatic carbocycles. The van der Waals surface area contributed by atoms with Crippen LogP contribution < -0.4 is 0 Å². The Labute approximate surface area is 105 Å². The van der Waals surface area contributed by atoms with E-state index >= 15 is 0 Å². The van der Waals surface area contributed by atoms with E-state index in [2.05, 4.69) is 50.9 Å². The molecular weight excluding hydrogens is 206 g/mol. The van der Waals surface area contributed by atoms with E-state index in [9.17, 15) is 0 Å². The molecule has 1 heteroatoms. The molecule has 3 rings (SSSR count). The summed E-state index contributed by atoms with van der Waals surface area (Å²) in [5.74, 6) is 0. The van der Waals surface area contributed by atoms with Gasteiger partial charge >= 0.3 is 0 Å². The van der Waals surface area contributed by atoms with Gasteiger partial charge in [0.25, 0.3) is 0 Å². The summed E-state index contributed by atoms with van der Waals surface area (Å²) in [5.41, 5.74) is 5.50. The molecule has 1 nitrogen and oxygen atoms in total. The first-order chi connectivity index (χ1) is 7.91. The van der Waals surface area contributed by atoms with Crippen LogP contribution in [0.4, 0.5) is 0 Å². The average molecular weight is 229 g/mol. The number of nitrogens with zero attached hydrogens (tertiary/aromatic N) is 1. The van der Waals surface area contributed by atoms with Gasteiger partial charge < -0.3 is 4.90 Å². The maximum Gasteiger partial charge on any atom is 0.0234 e. The van der Waals surface area contributed by atoms with E-state index < -0.39 is 0 Å². The molecule has 92 valence electrons. The first kappa shape index (κ1) is 11.3. The lowest BCUT2D eigenvalue weighted by Gasteiger charge is -2.34. The van der Waals surface area contributed by atoms with Crippen molar-refractivity contribution >= 4 is 0 Å². The van der Waals surface area contributed by atoms with Crippen molar-refractivity contribution in [3.63, 3.8) is 0 Å². The number of fused-ring (bicyclic) bond motifs is 2. The lowest BCUT2D eigenvalue weighted by molar-refractivity contribution is 0.271. The fourth-order valence-electron chi connectivity index (χ4n) is 3.20. The molecule has 0 amide bonds. The molecule has 1 heterocycles. The number of hydrogen-bond acceptors (Lipinski definition) is 1. The van der Waals surface area contributed by atoms with Gasteiger partial charge in [0.1, 0.15) is 0 Å². The largest absolute Gasteiger partial charge is 0.301 e. The third kappa shape index (κ3) is 1.81. The third-order valence-corrected chi connectivity index (χ3v) is 4.41. The fraction of sp³-hybridized carbons (Fsp3) is 0.625. The van der Waals surface area contributed by atoms with Crippen molar-refractivity contribution in [3.8, 4) is 0 Å². The van der Waals surface area contributed by atoms with Crippen LogP contribution in [0.15, 0.2) is 18.2 Å². The molecule has 0 radical (unpaired) electrons. The van der Waals surface area contributed by atoms with Crippen molar-refractivity contribution in [2.45, 2.75) is 51.0 Å². The molecule has 0 aromatic heterocycles. The maximum atomic E-state index is 2.50. The van der Waals surface area contributed by atoms with Gasteiger partial charge in [-0.3, -0.25) is 0 Å². The first-order valence-corrected chi connectivity index (χ1v) is 6.73. The van der Waals surface area contributed by atoms with Crippen LogP contribution in [0.25, 0.3) is 0 Å². The lowest BCUT2D eigenvalue weighted by atomic mass is 9.80. The number of likely N-dealkylation sites (N-methyl/N-ethyl adjacent to an activating group) is 1. The van der Waals surface area contributed by atoms with Crippen LogP contribution in [0, 0.1) is 0 Å². The Kier molecular flexibility index (Phi) is 2.22. The molecule has 2 aliphatic rings. The van der Waals surface area contributed by atoms with E-state index in [1.165, 1.54) is 24.9 Å². The normalized spacial score (nSPS) is 22.6. The predicted octanol–water partition coefficient (Wildman–Crippen LogP) is 3.46. The quantitative estimate of drug-likeness (QED) is 0.658. The summed E-state index contributed by atoms with van der Waals surface area (Å²) < 4.78 is 0. The highest BCUT2D eigenvalue weighted by Crippen LogP contribution is 2.52. The van der Waals surface area contributed by atoms with E-state index in [1.54, 1.807) is 11.1 Å². The monoisotopic (exact) mass is 229 g/mol. The van der Waals surface area contributed by atoms with Gasteiger partial charge in [0.2, 0.25) is 0 Å². The molecular formula is C16H23N. The van der Waals surface area contributed by atoms with Crippen LogP contribution in [0.3, 0.4) is 0 Å². The molecule has 1 saturated carbocycles. The van der Waals surface area contributed by atoms with E-state index in [0.29, 0.717) is 5.41 Å². The Morgan fingerprint density at radius 1 is 1.18 bits per heavy atom. The summed E-state index contributed by atoms with van der Waals surface area (Å²) in [5, 5.41) is 0. The zero-order chi connectivity index (χ0) is 12.3. The van der Waals surface area contributed by atoms with Crippen LogP contribution in [-0.4, -0.2) is 18.5 Å². The molecule has 0 bridgehead atoms. The second-order valence-corrected chi connectivity index (χ2v) is 7.07. The molecule has 0 atom stereocenters. The Morgan fingerprint density at radius 3 is 2.47 bits per heavy atom. The summed E-state index contributed by atoms with van der Waals surface area (Å²) in [7, 11) is 2.25. The summed E-state index contributed by atoms with van der Waals surface area (Å²) in [6, 6.07) is 7.19. The average Bonchev–Trinajstić information content (AvgIpc) is 2.96. The fourth-order valence-corrected chi connectivity index (χ4v) is 3.20. The highest BCUT2D eigenvalue weighted by molar-refractivity contribution is 5.45. The van der Waals surface area contributed by atoms with Gasteiger partial charge in [0.15, 0.2) is 0 Å². The first-order valence-electron chi connectivity index (χ1n) is 6.73. The molecule has 1 spiro atoms. The number of rotatable bonds is 0. The van der Waals surface area contributed by atoms with Gasteiger partial charge in [-0.1, -0.05) is 39.0 Å². The Hall–Kier alpha value is -0.820. The van der Waals surface area contributed by atoms with Crippen molar-refractivity contribution in [2.24, 2.45) is 0 Å². The summed E-state index contributed by atoms with van der Waals surface area (Å²) >= 11 is 0. The summed E-state index contributed by atoms with van der Waals surface area (Å²) in [6.07, 6.45) is 2.77. The number of benzene rings is 1. The minimum Gasteiger partial charge on any atom is -0.301 e. The topological polar surface area (TPSA) is 3.24 Å². The van der Waals surface area contributed by atoms with Gasteiger partial charge in [0, 0.05) is 18.5 Å². The Balaban J connectivity index is 2.08. The smallest absolute Gasteiger partial charge is 0.0234 e. The van der Waals surface area contributed by atoms with E-state index in [0.717, 1.165) is 6.54 Å². The van der Waals surface area contributed by atoms with E-state index in [4.69, 9.17) is 0 Å². The molecule has 0 saturated heterocycles. The molecule has 0 unspecified atom stereocenters. The zero-order valence-corrected chi connectivity index (χ0v) is 11.5. The molecule has 1 aliphatic carbocycles. The van der Waals surface area contributed by atoms with Crippen LogP contribution in [-0.2, 0) is 17.4 Å². The van der Waals surface area contributed by atoms with Crippen LogP contribution in [0.5, 0.6) is 0 Å². The minimum absolute atomic E-state index is 0.272. The molecule has 1 fully saturated rings. The highest BCUT2D eigenvalue weighted by Gasteiger charge is 2.48. The van der Waals surface area contributed by atoms with Gasteiger partial charge in [-0.2, -0.15) is 0 Å². The second-order valence-electron chi connectivity index (χ2n) is 7.07. The maximum absolute atomic E-state index is 2.50. The van der Waals surface area contributed by atoms with Crippen LogP contribution in [0.2, 0.25) is 0 Å². The Morgan fingerprint density at radius 2 is 1.88 bits per heavy atom. The molecule has 1 aliphatic heterocycles. The van der Waals surface area contributed by atoms with Crippen molar-refractivity contribution in [2.75, 3.05) is 13.6 Å². The van der Waals surface area contributed by atoms with E-state index in [-0.39, 0.29) is 5.41 Å². The molecule has 1 aromatic rings. The van der Waals surface area contributed by atoms with Gasteiger partial charge in [-0.15, -0.1) is 0 Å². The van der Waals surface area contributed by atoms with Crippen molar-refractivity contribution in [1.29, 1.82) is 0 Å². The lowest BCUT2D eigenvalue weighted by Crippen LogP contribution is -2.35.